The predicted molar refractivity (Wildman–Crippen MR) is 69.6 cm³/mol. The predicted octanol–water partition coefficient (Wildman–Crippen LogP) is 0.446. The molecule has 1 aromatic rings. The Labute approximate surface area is 106 Å². The minimum Gasteiger partial charge on any atom is -0.340 e. The summed E-state index contributed by atoms with van der Waals surface area (Å²) in [4.78, 5) is 27.5. The van der Waals surface area contributed by atoms with Gasteiger partial charge >= 0.3 is 0 Å². The summed E-state index contributed by atoms with van der Waals surface area (Å²) in [5.41, 5.74) is 0.113. The molecule has 1 aliphatic rings. The van der Waals surface area contributed by atoms with Crippen molar-refractivity contribution in [1.29, 1.82) is 0 Å². The summed E-state index contributed by atoms with van der Waals surface area (Å²) < 4.78 is 0. The molecule has 2 N–H and O–H groups in total. The lowest BCUT2D eigenvalue weighted by atomic mass is 9.99. The van der Waals surface area contributed by atoms with Gasteiger partial charge in [0.25, 0.3) is 5.91 Å². The highest BCUT2D eigenvalue weighted by molar-refractivity contribution is 5.92. The Balaban J connectivity index is 1.97. The average Bonchev–Trinajstić information content (AvgIpc) is 2.39. The molecule has 98 valence electrons. The topological polar surface area (TPSA) is 65.2 Å². The van der Waals surface area contributed by atoms with Crippen LogP contribution in [0.5, 0.6) is 0 Å². The van der Waals surface area contributed by atoms with E-state index in [9.17, 15) is 9.59 Å². The molecule has 1 unspecified atom stereocenters. The van der Waals surface area contributed by atoms with E-state index in [1.165, 1.54) is 6.07 Å². The molecule has 1 saturated heterocycles. The van der Waals surface area contributed by atoms with Crippen LogP contribution in [0.2, 0.25) is 0 Å². The van der Waals surface area contributed by atoms with Crippen molar-refractivity contribution in [2.45, 2.75) is 12.8 Å². The third-order valence-electron chi connectivity index (χ3n) is 3.28. The van der Waals surface area contributed by atoms with Crippen LogP contribution in [-0.4, -0.2) is 42.5 Å². The fourth-order valence-corrected chi connectivity index (χ4v) is 2.33. The number of piperidine rings is 1. The number of aromatic amines is 1. The molecule has 5 heteroatoms. The van der Waals surface area contributed by atoms with Gasteiger partial charge in [-0.15, -0.1) is 0 Å². The van der Waals surface area contributed by atoms with Gasteiger partial charge in [-0.2, -0.15) is 0 Å². The summed E-state index contributed by atoms with van der Waals surface area (Å²) in [6, 6.07) is 4.64. The summed E-state index contributed by atoms with van der Waals surface area (Å²) in [6.45, 7) is 2.76. The number of nitrogens with zero attached hydrogens (tertiary/aromatic N) is 1. The summed E-state index contributed by atoms with van der Waals surface area (Å²) in [5.74, 6) is 0.376. The molecule has 0 aliphatic carbocycles. The van der Waals surface area contributed by atoms with Crippen molar-refractivity contribution in [3.8, 4) is 0 Å². The van der Waals surface area contributed by atoms with E-state index in [2.05, 4.69) is 10.3 Å². The van der Waals surface area contributed by atoms with Gasteiger partial charge in [0.2, 0.25) is 5.56 Å². The monoisotopic (exact) mass is 249 g/mol. The van der Waals surface area contributed by atoms with Gasteiger partial charge in [0, 0.05) is 19.7 Å². The molecule has 1 fully saturated rings. The number of nitrogens with one attached hydrogen (secondary N) is 2. The molecule has 0 saturated carbocycles. The zero-order valence-corrected chi connectivity index (χ0v) is 10.6. The summed E-state index contributed by atoms with van der Waals surface area (Å²) in [5, 5.41) is 3.33. The zero-order chi connectivity index (χ0) is 13.0. The highest BCUT2D eigenvalue weighted by atomic mass is 16.2. The summed E-state index contributed by atoms with van der Waals surface area (Å²) >= 11 is 0. The van der Waals surface area contributed by atoms with Gasteiger partial charge in [0.05, 0.1) is 0 Å². The molecule has 1 amide bonds. The normalized spacial score (nSPS) is 19.5. The molecule has 1 aromatic heterocycles. The molecule has 18 heavy (non-hydrogen) atoms. The van der Waals surface area contributed by atoms with E-state index in [0.29, 0.717) is 11.6 Å². The van der Waals surface area contributed by atoms with Crippen LogP contribution in [0.3, 0.4) is 0 Å². The number of hydrogen-bond acceptors (Lipinski definition) is 3. The van der Waals surface area contributed by atoms with Crippen molar-refractivity contribution >= 4 is 5.91 Å². The minimum absolute atomic E-state index is 0.127. The Kier molecular flexibility index (Phi) is 4.15. The molecule has 0 bridgehead atoms. The molecule has 2 heterocycles. The number of pyridine rings is 1. The quantitative estimate of drug-likeness (QED) is 0.817. The van der Waals surface area contributed by atoms with Gasteiger partial charge in [0.1, 0.15) is 5.69 Å². The number of carbonyl (C=O) groups is 1. The van der Waals surface area contributed by atoms with Crippen LogP contribution in [0.4, 0.5) is 0 Å². The molecular weight excluding hydrogens is 230 g/mol. The standard InChI is InChI=1S/C13H19N3O2/c1-16(9-10-4-3-7-14-8-10)13(18)11-5-2-6-12(17)15-11/h2,5-6,10,14H,3-4,7-9H2,1H3,(H,15,17). The highest BCUT2D eigenvalue weighted by Crippen LogP contribution is 2.12. The number of rotatable bonds is 3. The van der Waals surface area contributed by atoms with Gasteiger partial charge in [-0.05, 0) is 37.9 Å². The first-order valence-corrected chi connectivity index (χ1v) is 6.32. The Bertz CT molecular complexity index is 463. The van der Waals surface area contributed by atoms with Crippen molar-refractivity contribution in [3.63, 3.8) is 0 Å². The first-order valence-electron chi connectivity index (χ1n) is 6.32. The van der Waals surface area contributed by atoms with E-state index in [1.54, 1.807) is 24.1 Å². The van der Waals surface area contributed by atoms with Crippen molar-refractivity contribution in [3.05, 3.63) is 34.2 Å². The van der Waals surface area contributed by atoms with Gasteiger partial charge in [-0.25, -0.2) is 0 Å². The Morgan fingerprint density at radius 1 is 1.50 bits per heavy atom. The number of aromatic nitrogens is 1. The van der Waals surface area contributed by atoms with Crippen LogP contribution in [0.1, 0.15) is 23.3 Å². The molecule has 1 atom stereocenters. The fraction of sp³-hybridized carbons (Fsp3) is 0.538. The number of carbonyl (C=O) groups excluding carboxylic acids is 1. The van der Waals surface area contributed by atoms with Crippen molar-refractivity contribution < 1.29 is 4.79 Å². The first kappa shape index (κ1) is 12.8. The van der Waals surface area contributed by atoms with Crippen LogP contribution in [0.15, 0.2) is 23.0 Å². The van der Waals surface area contributed by atoms with Crippen LogP contribution < -0.4 is 10.9 Å². The van der Waals surface area contributed by atoms with E-state index in [1.807, 2.05) is 0 Å². The fourth-order valence-electron chi connectivity index (χ4n) is 2.33. The van der Waals surface area contributed by atoms with Gasteiger partial charge in [-0.3, -0.25) is 9.59 Å². The Morgan fingerprint density at radius 3 is 3.00 bits per heavy atom. The molecule has 0 spiro atoms. The maximum atomic E-state index is 12.1. The van der Waals surface area contributed by atoms with Crippen molar-refractivity contribution in [2.75, 3.05) is 26.7 Å². The maximum absolute atomic E-state index is 12.1. The molecule has 0 aromatic carbocycles. The SMILES string of the molecule is CN(CC1CCCNC1)C(=O)c1cccc(=O)[nH]1. The van der Waals surface area contributed by atoms with E-state index >= 15 is 0 Å². The smallest absolute Gasteiger partial charge is 0.270 e. The Hall–Kier alpha value is -1.62. The van der Waals surface area contributed by atoms with Gasteiger partial charge in [-0.1, -0.05) is 6.07 Å². The van der Waals surface area contributed by atoms with E-state index < -0.39 is 0 Å². The van der Waals surface area contributed by atoms with Crippen LogP contribution in [0, 0.1) is 5.92 Å². The molecular formula is C13H19N3O2. The van der Waals surface area contributed by atoms with Crippen LogP contribution >= 0.6 is 0 Å². The lowest BCUT2D eigenvalue weighted by molar-refractivity contribution is 0.0758. The van der Waals surface area contributed by atoms with Crippen LogP contribution in [0.25, 0.3) is 0 Å². The Morgan fingerprint density at radius 2 is 2.33 bits per heavy atom. The second-order valence-corrected chi connectivity index (χ2v) is 4.83. The summed E-state index contributed by atoms with van der Waals surface area (Å²) in [6.07, 6.45) is 2.31. The van der Waals surface area contributed by atoms with E-state index in [4.69, 9.17) is 0 Å². The lowest BCUT2D eigenvalue weighted by Crippen LogP contribution is -2.39. The number of amides is 1. The third kappa shape index (κ3) is 3.20. The molecule has 5 nitrogen and oxygen atoms in total. The van der Waals surface area contributed by atoms with E-state index in [0.717, 1.165) is 32.5 Å². The van der Waals surface area contributed by atoms with Gasteiger partial charge < -0.3 is 15.2 Å². The number of hydrogen-bond donors (Lipinski definition) is 2. The maximum Gasteiger partial charge on any atom is 0.270 e. The zero-order valence-electron chi connectivity index (χ0n) is 10.6. The largest absolute Gasteiger partial charge is 0.340 e. The van der Waals surface area contributed by atoms with Crippen molar-refractivity contribution in [2.24, 2.45) is 5.92 Å². The van der Waals surface area contributed by atoms with E-state index in [-0.39, 0.29) is 11.5 Å². The minimum atomic E-state index is -0.242. The summed E-state index contributed by atoms with van der Waals surface area (Å²) in [7, 11) is 1.78. The second-order valence-electron chi connectivity index (χ2n) is 4.83. The van der Waals surface area contributed by atoms with Crippen LogP contribution in [-0.2, 0) is 0 Å². The highest BCUT2D eigenvalue weighted by Gasteiger charge is 2.19. The number of H-pyrrole nitrogens is 1. The molecule has 0 radical (unpaired) electrons. The first-order chi connectivity index (χ1) is 8.66. The third-order valence-corrected chi connectivity index (χ3v) is 3.28. The second kappa shape index (κ2) is 5.82. The molecule has 2 rings (SSSR count). The van der Waals surface area contributed by atoms with Crippen molar-refractivity contribution in [1.82, 2.24) is 15.2 Å². The molecule has 1 aliphatic heterocycles. The lowest BCUT2D eigenvalue weighted by Gasteiger charge is -2.27. The van der Waals surface area contributed by atoms with Gasteiger partial charge in [0.15, 0.2) is 0 Å². The average molecular weight is 249 g/mol.